The Labute approximate surface area is 196 Å². The fraction of sp³-hybridized carbons (Fsp3) is 0.167. The minimum atomic E-state index is -0.936. The van der Waals surface area contributed by atoms with Crippen LogP contribution in [0.2, 0.25) is 10.2 Å². The third-order valence-electron chi connectivity index (χ3n) is 4.88. The third kappa shape index (κ3) is 5.52. The molecule has 2 unspecified atom stereocenters. The molecule has 0 aliphatic heterocycles. The van der Waals surface area contributed by atoms with Crippen molar-refractivity contribution in [2.75, 3.05) is 0 Å². The zero-order valence-corrected chi connectivity index (χ0v) is 19.0. The quantitative estimate of drug-likeness (QED) is 0.279. The Bertz CT molecular complexity index is 1150. The summed E-state index contributed by atoms with van der Waals surface area (Å²) in [6.45, 7) is 3.24. The van der Waals surface area contributed by atoms with Crippen LogP contribution in [-0.4, -0.2) is 28.5 Å². The van der Waals surface area contributed by atoms with E-state index in [2.05, 4.69) is 10.3 Å². The Balaban J connectivity index is 1.72. The lowest BCUT2D eigenvalue weighted by Crippen LogP contribution is -2.45. The molecule has 0 spiro atoms. The van der Waals surface area contributed by atoms with Crippen LogP contribution in [0.15, 0.2) is 66.9 Å². The summed E-state index contributed by atoms with van der Waals surface area (Å²) in [5, 5.41) is 20.1. The smallest absolute Gasteiger partial charge is 0.408 e. The second-order valence-corrected chi connectivity index (χ2v) is 7.93. The van der Waals surface area contributed by atoms with Crippen molar-refractivity contribution < 1.29 is 9.53 Å². The standard InChI is InChI=1S/C24H22Cl2N4O2/c1-14(27)22(30-24(31)32-15(2)18-6-3-4-8-20(18)25)21(28)17-11-9-16(10-12-17)19-7-5-13-29-23(19)26/h3-13,15,22,27-28H,1-2H3,(H,30,31). The number of nitrogens with one attached hydrogen (secondary N) is 3. The Kier molecular flexibility index (Phi) is 7.62. The van der Waals surface area contributed by atoms with E-state index in [1.165, 1.54) is 6.92 Å². The fourth-order valence-electron chi connectivity index (χ4n) is 3.18. The zero-order valence-electron chi connectivity index (χ0n) is 17.5. The van der Waals surface area contributed by atoms with Gasteiger partial charge in [0, 0.05) is 28.1 Å². The Morgan fingerprint density at radius 2 is 1.72 bits per heavy atom. The second kappa shape index (κ2) is 10.4. The number of aromatic nitrogens is 1. The summed E-state index contributed by atoms with van der Waals surface area (Å²) in [5.41, 5.74) is 3.04. The summed E-state index contributed by atoms with van der Waals surface area (Å²) in [6.07, 6.45) is 0.288. The molecule has 8 heteroatoms. The number of rotatable bonds is 7. The normalized spacial score (nSPS) is 12.5. The number of pyridine rings is 1. The predicted molar refractivity (Wildman–Crippen MR) is 128 cm³/mol. The van der Waals surface area contributed by atoms with Crippen molar-refractivity contribution in [1.29, 1.82) is 10.8 Å². The summed E-state index contributed by atoms with van der Waals surface area (Å²) in [6, 6.07) is 16.9. The Morgan fingerprint density at radius 1 is 1.03 bits per heavy atom. The number of ether oxygens (including phenoxy) is 1. The molecule has 0 saturated heterocycles. The summed E-state index contributed by atoms with van der Waals surface area (Å²) in [7, 11) is 0. The molecule has 2 aromatic carbocycles. The second-order valence-electron chi connectivity index (χ2n) is 7.16. The molecule has 3 aromatic rings. The van der Waals surface area contributed by atoms with Crippen LogP contribution in [0.1, 0.15) is 31.1 Å². The summed E-state index contributed by atoms with van der Waals surface area (Å²) >= 11 is 12.3. The van der Waals surface area contributed by atoms with Gasteiger partial charge < -0.3 is 20.9 Å². The van der Waals surface area contributed by atoms with Crippen LogP contribution in [0.5, 0.6) is 0 Å². The minimum Gasteiger partial charge on any atom is -0.442 e. The molecule has 3 N–H and O–H groups in total. The molecule has 0 aliphatic carbocycles. The van der Waals surface area contributed by atoms with Crippen LogP contribution in [0.4, 0.5) is 4.79 Å². The van der Waals surface area contributed by atoms with Crippen molar-refractivity contribution in [3.8, 4) is 11.1 Å². The fourth-order valence-corrected chi connectivity index (χ4v) is 3.69. The van der Waals surface area contributed by atoms with Crippen molar-refractivity contribution in [1.82, 2.24) is 10.3 Å². The molecule has 0 aliphatic rings. The van der Waals surface area contributed by atoms with Gasteiger partial charge in [-0.2, -0.15) is 0 Å². The number of carbonyl (C=O) groups is 1. The highest BCUT2D eigenvalue weighted by molar-refractivity contribution is 6.32. The van der Waals surface area contributed by atoms with Gasteiger partial charge >= 0.3 is 6.09 Å². The molecule has 1 heterocycles. The number of carbonyl (C=O) groups excluding carboxylic acids is 1. The van der Waals surface area contributed by atoms with Gasteiger partial charge in [0.25, 0.3) is 0 Å². The molecule has 32 heavy (non-hydrogen) atoms. The van der Waals surface area contributed by atoms with Crippen molar-refractivity contribution in [2.45, 2.75) is 26.0 Å². The van der Waals surface area contributed by atoms with E-state index < -0.39 is 18.2 Å². The first-order chi connectivity index (χ1) is 15.3. The molecule has 6 nitrogen and oxygen atoms in total. The maximum atomic E-state index is 12.5. The summed E-state index contributed by atoms with van der Waals surface area (Å²) < 4.78 is 5.42. The number of hydrogen-bond acceptors (Lipinski definition) is 5. The molecule has 0 saturated carbocycles. The Hall–Kier alpha value is -3.22. The molecule has 164 valence electrons. The maximum absolute atomic E-state index is 12.5. The molecule has 1 aromatic heterocycles. The lowest BCUT2D eigenvalue weighted by Gasteiger charge is -2.21. The topological polar surface area (TPSA) is 98.9 Å². The first-order valence-corrected chi connectivity index (χ1v) is 10.6. The largest absolute Gasteiger partial charge is 0.442 e. The van der Waals surface area contributed by atoms with Crippen LogP contribution in [0.3, 0.4) is 0 Å². The van der Waals surface area contributed by atoms with Gasteiger partial charge in [0.1, 0.15) is 17.3 Å². The van der Waals surface area contributed by atoms with Gasteiger partial charge in [-0.1, -0.05) is 65.7 Å². The van der Waals surface area contributed by atoms with E-state index in [9.17, 15) is 4.79 Å². The zero-order chi connectivity index (χ0) is 23.3. The van der Waals surface area contributed by atoms with E-state index in [0.717, 1.165) is 11.1 Å². The first-order valence-electron chi connectivity index (χ1n) is 9.84. The number of alkyl carbamates (subject to hydrolysis) is 1. The highest BCUT2D eigenvalue weighted by Crippen LogP contribution is 2.27. The van der Waals surface area contributed by atoms with Crippen LogP contribution in [-0.2, 0) is 4.74 Å². The van der Waals surface area contributed by atoms with Crippen molar-refractivity contribution in [3.05, 3.63) is 88.2 Å². The highest BCUT2D eigenvalue weighted by atomic mass is 35.5. The molecule has 1 amide bonds. The van der Waals surface area contributed by atoms with Crippen LogP contribution >= 0.6 is 23.2 Å². The molecule has 3 rings (SSSR count). The average Bonchev–Trinajstić information content (AvgIpc) is 2.77. The van der Waals surface area contributed by atoms with Gasteiger partial charge in [0.2, 0.25) is 0 Å². The van der Waals surface area contributed by atoms with Gasteiger partial charge in [-0.15, -0.1) is 0 Å². The van der Waals surface area contributed by atoms with Crippen LogP contribution in [0, 0.1) is 10.8 Å². The maximum Gasteiger partial charge on any atom is 0.408 e. The van der Waals surface area contributed by atoms with Gasteiger partial charge in [-0.05, 0) is 43.2 Å². The summed E-state index contributed by atoms with van der Waals surface area (Å²) in [4.78, 5) is 16.5. The molecule has 2 atom stereocenters. The first kappa shape index (κ1) is 23.4. The molecule has 0 radical (unpaired) electrons. The summed E-state index contributed by atoms with van der Waals surface area (Å²) in [5.74, 6) is 0. The lowest BCUT2D eigenvalue weighted by molar-refractivity contribution is 0.107. The van der Waals surface area contributed by atoms with Crippen molar-refractivity contribution in [2.24, 2.45) is 0 Å². The highest BCUT2D eigenvalue weighted by Gasteiger charge is 2.23. The van der Waals surface area contributed by atoms with Gasteiger partial charge in [0.15, 0.2) is 0 Å². The van der Waals surface area contributed by atoms with Crippen LogP contribution in [0.25, 0.3) is 11.1 Å². The van der Waals surface area contributed by atoms with Crippen molar-refractivity contribution in [3.63, 3.8) is 0 Å². The van der Waals surface area contributed by atoms with Crippen molar-refractivity contribution >= 4 is 40.7 Å². The van der Waals surface area contributed by atoms with E-state index in [1.54, 1.807) is 49.5 Å². The number of benzene rings is 2. The molecular weight excluding hydrogens is 447 g/mol. The predicted octanol–water partition coefficient (Wildman–Crippen LogP) is 6.32. The SMILES string of the molecule is CC(=N)C(NC(=O)OC(C)c1ccccc1Cl)C(=N)c1ccc(-c2cccnc2Cl)cc1. The van der Waals surface area contributed by atoms with E-state index in [1.807, 2.05) is 24.3 Å². The number of hydrogen-bond donors (Lipinski definition) is 3. The number of nitrogens with zero attached hydrogens (tertiary/aromatic N) is 1. The van der Waals surface area contributed by atoms with Crippen LogP contribution < -0.4 is 5.32 Å². The van der Waals surface area contributed by atoms with Gasteiger partial charge in [0.05, 0.1) is 5.71 Å². The monoisotopic (exact) mass is 468 g/mol. The Morgan fingerprint density at radius 3 is 2.34 bits per heavy atom. The van der Waals surface area contributed by atoms with E-state index >= 15 is 0 Å². The molecular formula is C24H22Cl2N4O2. The van der Waals surface area contributed by atoms with E-state index in [-0.39, 0.29) is 11.4 Å². The average molecular weight is 469 g/mol. The third-order valence-corrected chi connectivity index (χ3v) is 5.52. The van der Waals surface area contributed by atoms with E-state index in [4.69, 9.17) is 38.8 Å². The van der Waals surface area contributed by atoms with Gasteiger partial charge in [-0.3, -0.25) is 0 Å². The van der Waals surface area contributed by atoms with E-state index in [0.29, 0.717) is 21.3 Å². The minimum absolute atomic E-state index is 0.0729. The van der Waals surface area contributed by atoms with Gasteiger partial charge in [-0.25, -0.2) is 9.78 Å². The number of amides is 1. The lowest BCUT2D eigenvalue weighted by atomic mass is 9.97. The molecule has 0 bridgehead atoms. The number of halogens is 2. The molecule has 0 fully saturated rings.